The Hall–Kier alpha value is -7.41. The molecule has 0 fully saturated rings. The maximum atomic E-state index is 7.11. The third-order valence-electron chi connectivity index (χ3n) is 11.1. The lowest BCUT2D eigenvalue weighted by Crippen LogP contribution is -2.00. The first-order valence-corrected chi connectivity index (χ1v) is 19.8. The van der Waals surface area contributed by atoms with Crippen molar-refractivity contribution >= 4 is 75.3 Å². The minimum absolute atomic E-state index is 0.557. The van der Waals surface area contributed by atoms with E-state index in [1.165, 1.54) is 20.2 Å². The predicted octanol–water partition coefficient (Wildman–Crippen LogP) is 13.9. The molecule has 4 aromatic heterocycles. The van der Waals surface area contributed by atoms with Crippen molar-refractivity contribution in [2.24, 2.45) is 0 Å². The van der Waals surface area contributed by atoms with E-state index in [1.807, 2.05) is 6.07 Å². The molecule has 0 aliphatic rings. The van der Waals surface area contributed by atoms with Gasteiger partial charge >= 0.3 is 0 Å². The summed E-state index contributed by atoms with van der Waals surface area (Å²) in [6.07, 6.45) is 0. The number of aromatic nitrogens is 4. The van der Waals surface area contributed by atoms with Gasteiger partial charge in [-0.1, -0.05) is 133 Å². The normalized spacial score (nSPS) is 11.9. The molecule has 4 heterocycles. The Morgan fingerprint density at radius 3 is 1.88 bits per heavy atom. The fourth-order valence-corrected chi connectivity index (χ4v) is 9.63. The summed E-state index contributed by atoms with van der Waals surface area (Å²) in [4.78, 5) is 15.8. The lowest BCUT2D eigenvalue weighted by molar-refractivity contribution is 0.671. The summed E-state index contributed by atoms with van der Waals surface area (Å²) >= 11 is 1.79. The maximum Gasteiger partial charge on any atom is 0.167 e. The molecule has 0 saturated carbocycles. The van der Waals surface area contributed by atoms with Crippen molar-refractivity contribution in [2.45, 2.75) is 0 Å². The van der Waals surface area contributed by atoms with E-state index < -0.39 is 0 Å². The van der Waals surface area contributed by atoms with Gasteiger partial charge in [-0.25, -0.2) is 15.0 Å². The predicted molar refractivity (Wildman–Crippen MR) is 236 cm³/mol. The molecule has 266 valence electrons. The van der Waals surface area contributed by atoms with Gasteiger partial charge < -0.3 is 8.98 Å². The minimum atomic E-state index is 0.557. The molecule has 0 aliphatic carbocycles. The largest absolute Gasteiger partial charge is 0.453 e. The molecular weight excluding hydrogens is 717 g/mol. The number of thiophene rings is 1. The summed E-state index contributed by atoms with van der Waals surface area (Å²) in [6.45, 7) is 0. The maximum absolute atomic E-state index is 7.11. The number of hydrogen-bond acceptors (Lipinski definition) is 5. The molecule has 0 atom stereocenters. The SMILES string of the molecule is c1ccc(-c2cccc(-c3nc(-c4cccc5c4oc4c5ccc5c6ccccc6n(-c6ccccc6)c54)nc(-c4cccc5sc6ccccc6c45)n3)c2)cc1. The molecule has 57 heavy (non-hydrogen) atoms. The summed E-state index contributed by atoms with van der Waals surface area (Å²) in [5, 5.41) is 6.71. The Kier molecular flexibility index (Phi) is 7.03. The van der Waals surface area contributed by atoms with Gasteiger partial charge in [0, 0.05) is 58.5 Å². The van der Waals surface area contributed by atoms with Crippen LogP contribution in [0.5, 0.6) is 0 Å². The number of furan rings is 1. The summed E-state index contributed by atoms with van der Waals surface area (Å²) in [7, 11) is 0. The average molecular weight is 747 g/mol. The van der Waals surface area contributed by atoms with Gasteiger partial charge in [-0.2, -0.15) is 0 Å². The summed E-state index contributed by atoms with van der Waals surface area (Å²) in [6, 6.07) is 63.6. The Bertz CT molecular complexity index is 3530. The van der Waals surface area contributed by atoms with E-state index in [4.69, 9.17) is 19.4 Å². The van der Waals surface area contributed by atoms with Crippen LogP contribution < -0.4 is 0 Å². The molecule has 0 spiro atoms. The Morgan fingerprint density at radius 2 is 1.00 bits per heavy atom. The smallest absolute Gasteiger partial charge is 0.167 e. The van der Waals surface area contributed by atoms with Crippen LogP contribution >= 0.6 is 11.3 Å². The molecule has 0 radical (unpaired) electrons. The van der Waals surface area contributed by atoms with Crippen molar-refractivity contribution in [1.29, 1.82) is 0 Å². The van der Waals surface area contributed by atoms with E-state index in [1.54, 1.807) is 11.3 Å². The van der Waals surface area contributed by atoms with Gasteiger partial charge in [0.1, 0.15) is 5.58 Å². The highest BCUT2D eigenvalue weighted by Crippen LogP contribution is 2.44. The lowest BCUT2D eigenvalue weighted by Gasteiger charge is -2.11. The highest BCUT2D eigenvalue weighted by atomic mass is 32.1. The molecule has 0 unspecified atom stereocenters. The molecule has 0 bridgehead atoms. The van der Waals surface area contributed by atoms with Crippen LogP contribution in [0.15, 0.2) is 186 Å². The first kappa shape index (κ1) is 31.9. The number of fused-ring (bicyclic) bond motifs is 10. The zero-order valence-electron chi connectivity index (χ0n) is 30.4. The minimum Gasteiger partial charge on any atom is -0.453 e. The second-order valence-corrected chi connectivity index (χ2v) is 15.4. The van der Waals surface area contributed by atoms with Crippen LogP contribution in [0.3, 0.4) is 0 Å². The molecule has 5 nitrogen and oxygen atoms in total. The van der Waals surface area contributed by atoms with E-state index in [0.29, 0.717) is 17.5 Å². The van der Waals surface area contributed by atoms with Crippen molar-refractivity contribution in [3.63, 3.8) is 0 Å². The zero-order valence-corrected chi connectivity index (χ0v) is 31.2. The number of hydrogen-bond donors (Lipinski definition) is 0. The van der Waals surface area contributed by atoms with Gasteiger partial charge in [0.25, 0.3) is 0 Å². The van der Waals surface area contributed by atoms with Crippen molar-refractivity contribution in [2.75, 3.05) is 0 Å². The van der Waals surface area contributed by atoms with Gasteiger partial charge in [-0.15, -0.1) is 11.3 Å². The molecular formula is C51H30N4OS. The summed E-state index contributed by atoms with van der Waals surface area (Å²) in [5.41, 5.74) is 9.74. The van der Waals surface area contributed by atoms with Gasteiger partial charge in [0.15, 0.2) is 23.1 Å². The van der Waals surface area contributed by atoms with Crippen molar-refractivity contribution in [3.8, 4) is 51.0 Å². The van der Waals surface area contributed by atoms with Crippen LogP contribution in [0, 0.1) is 0 Å². The Morgan fingerprint density at radius 1 is 0.404 bits per heavy atom. The monoisotopic (exact) mass is 746 g/mol. The van der Waals surface area contributed by atoms with E-state index in [2.05, 4.69) is 180 Å². The average Bonchev–Trinajstić information content (AvgIpc) is 3.97. The fraction of sp³-hybridized carbons (Fsp3) is 0. The molecule has 0 saturated heterocycles. The fourth-order valence-electron chi connectivity index (χ4n) is 8.50. The van der Waals surface area contributed by atoms with Crippen LogP contribution in [0.4, 0.5) is 0 Å². The third kappa shape index (κ3) is 4.98. The first-order chi connectivity index (χ1) is 28.3. The second kappa shape index (κ2) is 12.6. The van der Waals surface area contributed by atoms with Crippen molar-refractivity contribution in [3.05, 3.63) is 182 Å². The first-order valence-electron chi connectivity index (χ1n) is 19.0. The highest BCUT2D eigenvalue weighted by Gasteiger charge is 2.23. The number of rotatable bonds is 5. The molecule has 0 N–H and O–H groups in total. The molecule has 12 aromatic rings. The van der Waals surface area contributed by atoms with Gasteiger partial charge in [-0.3, -0.25) is 0 Å². The molecule has 6 heteroatoms. The van der Waals surface area contributed by atoms with Crippen LogP contribution in [0.1, 0.15) is 0 Å². The van der Waals surface area contributed by atoms with E-state index in [-0.39, 0.29) is 0 Å². The second-order valence-electron chi connectivity index (χ2n) is 14.3. The highest BCUT2D eigenvalue weighted by molar-refractivity contribution is 7.25. The van der Waals surface area contributed by atoms with Crippen LogP contribution in [-0.2, 0) is 0 Å². The third-order valence-corrected chi connectivity index (χ3v) is 12.2. The van der Waals surface area contributed by atoms with E-state index in [0.717, 1.165) is 77.2 Å². The van der Waals surface area contributed by atoms with Crippen LogP contribution in [0.25, 0.3) is 115 Å². The topological polar surface area (TPSA) is 56.7 Å². The zero-order chi connectivity index (χ0) is 37.5. The number of para-hydroxylation sites is 3. The van der Waals surface area contributed by atoms with E-state index >= 15 is 0 Å². The van der Waals surface area contributed by atoms with Crippen LogP contribution in [0.2, 0.25) is 0 Å². The van der Waals surface area contributed by atoms with Crippen molar-refractivity contribution < 1.29 is 4.42 Å². The molecule has 8 aromatic carbocycles. The molecule has 0 aliphatic heterocycles. The quantitative estimate of drug-likeness (QED) is 0.176. The Labute approximate surface area is 330 Å². The standard InChI is InChI=1S/C51H30N4OS/c1-3-14-31(15-4-1)32-16-11-17-33(30-32)49-52-50(40-23-13-27-44-45(40)39-21-8-10-26-43(39)57-44)54-51(53-49)41-24-12-22-37-38-29-28-36-35-20-7-9-25-42(35)55(34-18-5-2-6-19-34)46(36)48(38)56-47(37)41/h1-30H. The van der Waals surface area contributed by atoms with Gasteiger partial charge in [0.05, 0.1) is 16.6 Å². The molecule has 0 amide bonds. The Balaban J connectivity index is 1.14. The van der Waals surface area contributed by atoms with Gasteiger partial charge in [-0.05, 0) is 59.7 Å². The summed E-state index contributed by atoms with van der Waals surface area (Å²) < 4.78 is 11.9. The number of benzene rings is 8. The van der Waals surface area contributed by atoms with Crippen LogP contribution in [-0.4, -0.2) is 19.5 Å². The number of nitrogens with zero attached hydrogens (tertiary/aromatic N) is 4. The molecule has 12 rings (SSSR count). The van der Waals surface area contributed by atoms with E-state index in [9.17, 15) is 0 Å². The lowest BCUT2D eigenvalue weighted by atomic mass is 10.0. The van der Waals surface area contributed by atoms with Crippen molar-refractivity contribution in [1.82, 2.24) is 19.5 Å². The summed E-state index contributed by atoms with van der Waals surface area (Å²) in [5.74, 6) is 1.78. The van der Waals surface area contributed by atoms with Gasteiger partial charge in [0.2, 0.25) is 0 Å².